The average Bonchev–Trinajstić information content (AvgIpc) is 2.38. The minimum atomic E-state index is -0.870. The first-order valence-electron chi connectivity index (χ1n) is 6.58. The molecule has 1 aromatic rings. The van der Waals surface area contributed by atoms with Gasteiger partial charge >= 0.3 is 5.97 Å². The third-order valence-corrected chi connectivity index (χ3v) is 3.20. The van der Waals surface area contributed by atoms with E-state index in [1.807, 2.05) is 38.1 Å². The third-order valence-electron chi connectivity index (χ3n) is 3.20. The van der Waals surface area contributed by atoms with Gasteiger partial charge in [-0.25, -0.2) is 0 Å². The van der Waals surface area contributed by atoms with Crippen molar-refractivity contribution in [3.8, 4) is 0 Å². The number of carbonyl (C=O) groups is 2. The molecule has 4 heteroatoms. The van der Waals surface area contributed by atoms with Crippen LogP contribution in [0.25, 0.3) is 0 Å². The van der Waals surface area contributed by atoms with Gasteiger partial charge in [-0.2, -0.15) is 0 Å². The van der Waals surface area contributed by atoms with E-state index in [1.165, 1.54) is 11.1 Å². The normalized spacial score (nSPS) is 10.2. The average molecular weight is 263 g/mol. The third kappa shape index (κ3) is 5.12. The Labute approximate surface area is 114 Å². The van der Waals surface area contributed by atoms with Gasteiger partial charge in [0.25, 0.3) is 0 Å². The van der Waals surface area contributed by atoms with Crippen LogP contribution in [0.15, 0.2) is 24.3 Å². The van der Waals surface area contributed by atoms with Crippen LogP contribution in [0.3, 0.4) is 0 Å². The lowest BCUT2D eigenvalue weighted by molar-refractivity contribution is -0.138. The summed E-state index contributed by atoms with van der Waals surface area (Å²) in [7, 11) is 0. The molecule has 0 saturated heterocycles. The fraction of sp³-hybridized carbons (Fsp3) is 0.467. The maximum absolute atomic E-state index is 12.0. The lowest BCUT2D eigenvalue weighted by Gasteiger charge is -2.20. The number of aliphatic carboxylic acids is 1. The molecule has 1 amide bonds. The molecule has 0 aromatic heterocycles. The van der Waals surface area contributed by atoms with Crippen molar-refractivity contribution in [1.29, 1.82) is 0 Å². The van der Waals surface area contributed by atoms with Crippen molar-refractivity contribution < 1.29 is 14.7 Å². The standard InChI is InChI=1S/C15H21NO3/c1-3-16(11-10-15(18)19)14(17)9-8-13-7-5-4-6-12(13)2/h4-7H,3,8-11H2,1-2H3,(H,18,19). The van der Waals surface area contributed by atoms with E-state index < -0.39 is 5.97 Å². The lowest BCUT2D eigenvalue weighted by atomic mass is 10.0. The van der Waals surface area contributed by atoms with Crippen molar-refractivity contribution in [2.45, 2.75) is 33.1 Å². The largest absolute Gasteiger partial charge is 0.481 e. The van der Waals surface area contributed by atoms with Gasteiger partial charge in [0.05, 0.1) is 6.42 Å². The molecule has 0 unspecified atom stereocenters. The highest BCUT2D eigenvalue weighted by atomic mass is 16.4. The van der Waals surface area contributed by atoms with Gasteiger partial charge in [0.2, 0.25) is 5.91 Å². The summed E-state index contributed by atoms with van der Waals surface area (Å²) in [4.78, 5) is 24.1. The number of hydrogen-bond acceptors (Lipinski definition) is 2. The number of rotatable bonds is 7. The molecule has 19 heavy (non-hydrogen) atoms. The zero-order valence-electron chi connectivity index (χ0n) is 11.6. The highest BCUT2D eigenvalue weighted by Crippen LogP contribution is 2.10. The van der Waals surface area contributed by atoms with Crippen molar-refractivity contribution >= 4 is 11.9 Å². The van der Waals surface area contributed by atoms with Gasteiger partial charge in [0.1, 0.15) is 0 Å². The number of hydrogen-bond donors (Lipinski definition) is 1. The Morgan fingerprint density at radius 2 is 1.89 bits per heavy atom. The van der Waals surface area contributed by atoms with Crippen LogP contribution in [0.4, 0.5) is 0 Å². The summed E-state index contributed by atoms with van der Waals surface area (Å²) < 4.78 is 0. The predicted octanol–water partition coefficient (Wildman–Crippen LogP) is 2.25. The molecule has 4 nitrogen and oxygen atoms in total. The smallest absolute Gasteiger partial charge is 0.305 e. The monoisotopic (exact) mass is 263 g/mol. The molecule has 0 atom stereocenters. The Balaban J connectivity index is 2.49. The quantitative estimate of drug-likeness (QED) is 0.821. The minimum Gasteiger partial charge on any atom is -0.481 e. The number of carboxylic acids is 1. The molecule has 0 aliphatic rings. The topological polar surface area (TPSA) is 57.6 Å². The molecule has 0 aliphatic heterocycles. The predicted molar refractivity (Wildman–Crippen MR) is 74.0 cm³/mol. The highest BCUT2D eigenvalue weighted by molar-refractivity contribution is 5.77. The summed E-state index contributed by atoms with van der Waals surface area (Å²) in [5, 5.41) is 8.65. The number of amides is 1. The number of aryl methyl sites for hydroxylation is 2. The number of carboxylic acid groups (broad SMARTS) is 1. The molecular weight excluding hydrogens is 242 g/mol. The Bertz CT molecular complexity index is 443. The van der Waals surface area contributed by atoms with Crippen LogP contribution in [0, 0.1) is 6.92 Å². The van der Waals surface area contributed by atoms with E-state index in [-0.39, 0.29) is 12.3 Å². The molecule has 1 N–H and O–H groups in total. The lowest BCUT2D eigenvalue weighted by Crippen LogP contribution is -2.33. The van der Waals surface area contributed by atoms with E-state index in [4.69, 9.17) is 5.11 Å². The highest BCUT2D eigenvalue weighted by Gasteiger charge is 2.13. The van der Waals surface area contributed by atoms with Gasteiger partial charge in [-0.15, -0.1) is 0 Å². The Morgan fingerprint density at radius 1 is 1.21 bits per heavy atom. The second kappa shape index (κ2) is 7.56. The van der Waals surface area contributed by atoms with Crippen LogP contribution in [0.5, 0.6) is 0 Å². The number of benzene rings is 1. The van der Waals surface area contributed by atoms with Crippen molar-refractivity contribution in [2.75, 3.05) is 13.1 Å². The van der Waals surface area contributed by atoms with Crippen LogP contribution in [0.2, 0.25) is 0 Å². The first-order chi connectivity index (χ1) is 9.04. The Morgan fingerprint density at radius 3 is 2.47 bits per heavy atom. The first-order valence-corrected chi connectivity index (χ1v) is 6.58. The second-order valence-electron chi connectivity index (χ2n) is 4.54. The van der Waals surface area contributed by atoms with E-state index >= 15 is 0 Å². The molecule has 0 heterocycles. The van der Waals surface area contributed by atoms with E-state index in [1.54, 1.807) is 4.90 Å². The van der Waals surface area contributed by atoms with Crippen molar-refractivity contribution in [3.63, 3.8) is 0 Å². The van der Waals surface area contributed by atoms with Crippen molar-refractivity contribution in [2.24, 2.45) is 0 Å². The molecular formula is C15H21NO3. The minimum absolute atomic E-state index is 0.00391. The van der Waals surface area contributed by atoms with Gasteiger partial charge in [-0.05, 0) is 31.4 Å². The van der Waals surface area contributed by atoms with Gasteiger partial charge in [-0.3, -0.25) is 9.59 Å². The summed E-state index contributed by atoms with van der Waals surface area (Å²) in [5.74, 6) is -0.850. The molecule has 0 spiro atoms. The van der Waals surface area contributed by atoms with Crippen LogP contribution < -0.4 is 0 Å². The number of carbonyl (C=O) groups excluding carboxylic acids is 1. The van der Waals surface area contributed by atoms with Crippen LogP contribution in [-0.2, 0) is 16.0 Å². The van der Waals surface area contributed by atoms with Crippen LogP contribution in [0.1, 0.15) is 30.9 Å². The maximum Gasteiger partial charge on any atom is 0.305 e. The van der Waals surface area contributed by atoms with E-state index in [0.29, 0.717) is 25.9 Å². The molecule has 1 rings (SSSR count). The van der Waals surface area contributed by atoms with E-state index in [9.17, 15) is 9.59 Å². The maximum atomic E-state index is 12.0. The van der Waals surface area contributed by atoms with Crippen molar-refractivity contribution in [3.05, 3.63) is 35.4 Å². The molecule has 0 aliphatic carbocycles. The van der Waals surface area contributed by atoms with Crippen LogP contribution >= 0.6 is 0 Å². The zero-order valence-corrected chi connectivity index (χ0v) is 11.6. The molecule has 0 fully saturated rings. The first kappa shape index (κ1) is 15.2. The SMILES string of the molecule is CCN(CCC(=O)O)C(=O)CCc1ccccc1C. The molecule has 0 bridgehead atoms. The van der Waals surface area contributed by atoms with E-state index in [2.05, 4.69) is 0 Å². The zero-order chi connectivity index (χ0) is 14.3. The summed E-state index contributed by atoms with van der Waals surface area (Å²) in [6, 6.07) is 8.00. The molecule has 0 radical (unpaired) electrons. The second-order valence-corrected chi connectivity index (χ2v) is 4.54. The van der Waals surface area contributed by atoms with Gasteiger partial charge in [-0.1, -0.05) is 24.3 Å². The molecule has 0 saturated carbocycles. The van der Waals surface area contributed by atoms with Gasteiger partial charge < -0.3 is 10.0 Å². The number of nitrogens with zero attached hydrogens (tertiary/aromatic N) is 1. The Hall–Kier alpha value is -1.84. The van der Waals surface area contributed by atoms with E-state index in [0.717, 1.165) is 0 Å². The fourth-order valence-electron chi connectivity index (χ4n) is 1.98. The summed E-state index contributed by atoms with van der Waals surface area (Å²) >= 11 is 0. The van der Waals surface area contributed by atoms with Crippen LogP contribution in [-0.4, -0.2) is 35.0 Å². The summed E-state index contributed by atoms with van der Waals surface area (Å²) in [6.07, 6.45) is 1.14. The Kier molecular flexibility index (Phi) is 6.06. The molecule has 1 aromatic carbocycles. The fourth-order valence-corrected chi connectivity index (χ4v) is 1.98. The van der Waals surface area contributed by atoms with Gasteiger partial charge in [0.15, 0.2) is 0 Å². The summed E-state index contributed by atoms with van der Waals surface area (Å²) in [5.41, 5.74) is 2.36. The van der Waals surface area contributed by atoms with Crippen molar-refractivity contribution in [1.82, 2.24) is 4.90 Å². The van der Waals surface area contributed by atoms with Gasteiger partial charge in [0, 0.05) is 19.5 Å². The molecule has 104 valence electrons. The summed E-state index contributed by atoms with van der Waals surface area (Å²) in [6.45, 7) is 4.74.